The van der Waals surface area contributed by atoms with Crippen LogP contribution in [0.2, 0.25) is 10.0 Å². The Bertz CT molecular complexity index is 944. The molecule has 2 aromatic rings. The Morgan fingerprint density at radius 2 is 1.55 bits per heavy atom. The molecule has 0 radical (unpaired) electrons. The summed E-state index contributed by atoms with van der Waals surface area (Å²) in [4.78, 5) is 25.6. The van der Waals surface area contributed by atoms with Crippen molar-refractivity contribution in [2.24, 2.45) is 11.0 Å². The number of nitrogens with zero attached hydrogens (tertiary/aromatic N) is 2. The minimum atomic E-state index is -0.440. The fourth-order valence-corrected chi connectivity index (χ4v) is 3.98. The summed E-state index contributed by atoms with van der Waals surface area (Å²) in [5, 5.41) is 7.15. The van der Waals surface area contributed by atoms with Crippen molar-refractivity contribution in [2.75, 3.05) is 0 Å². The van der Waals surface area contributed by atoms with Crippen LogP contribution in [0.1, 0.15) is 46.4 Å². The Morgan fingerprint density at radius 1 is 0.931 bits per heavy atom. The van der Waals surface area contributed by atoms with Crippen LogP contribution in [0.25, 0.3) is 0 Å². The molecule has 1 heterocycles. The van der Waals surface area contributed by atoms with E-state index < -0.39 is 6.17 Å². The highest BCUT2D eigenvalue weighted by molar-refractivity contribution is 6.31. The first-order valence-electron chi connectivity index (χ1n) is 9.51. The zero-order chi connectivity index (χ0) is 20.4. The minimum absolute atomic E-state index is 0.0746. The zero-order valence-corrected chi connectivity index (χ0v) is 17.1. The van der Waals surface area contributed by atoms with Gasteiger partial charge in [-0.1, -0.05) is 29.6 Å². The van der Waals surface area contributed by atoms with E-state index >= 15 is 0 Å². The molecule has 2 aliphatic rings. The third-order valence-corrected chi connectivity index (χ3v) is 5.75. The molecule has 0 unspecified atom stereocenters. The van der Waals surface area contributed by atoms with Crippen molar-refractivity contribution in [3.05, 3.63) is 69.7 Å². The van der Waals surface area contributed by atoms with Crippen molar-refractivity contribution in [3.63, 3.8) is 0 Å². The average molecular weight is 431 g/mol. The van der Waals surface area contributed by atoms with Crippen LogP contribution < -0.4 is 10.9 Å². The van der Waals surface area contributed by atoms with Crippen LogP contribution in [0.5, 0.6) is 0 Å². The Kier molecular flexibility index (Phi) is 5.85. The van der Waals surface area contributed by atoms with E-state index in [0.29, 0.717) is 21.2 Å². The second-order valence-corrected chi connectivity index (χ2v) is 8.02. The number of fused-ring (bicyclic) bond motifs is 1. The summed E-state index contributed by atoms with van der Waals surface area (Å²) < 4.78 is 0. The molecule has 2 N–H and O–H groups in total. The van der Waals surface area contributed by atoms with Crippen LogP contribution in [-0.4, -0.2) is 28.7 Å². The van der Waals surface area contributed by atoms with Crippen LogP contribution in [0, 0.1) is 5.92 Å². The minimum Gasteiger partial charge on any atom is -0.285 e. The average Bonchev–Trinajstić information content (AvgIpc) is 3.11. The molecule has 0 bridgehead atoms. The standard InChI is InChI=1S/C21H20Cl2N4O2/c22-15-9-5-13(6-10-15)20(28)25-24-19-17-3-1-2-4-18(17)26-27(19)21(29)14-7-11-16(23)12-8-14/h5-12,17,19,24H,1-4H2,(H,25,28)/t17-,19+/m1/s1. The Balaban J connectivity index is 1.52. The predicted octanol–water partition coefficient (Wildman–Crippen LogP) is 4.26. The van der Waals surface area contributed by atoms with E-state index in [-0.39, 0.29) is 17.7 Å². The lowest BCUT2D eigenvalue weighted by atomic mass is 9.86. The predicted molar refractivity (Wildman–Crippen MR) is 113 cm³/mol. The number of hydrogen-bond donors (Lipinski definition) is 2. The molecule has 1 aliphatic heterocycles. The summed E-state index contributed by atoms with van der Waals surface area (Å²) in [6.07, 6.45) is 3.46. The summed E-state index contributed by atoms with van der Waals surface area (Å²) >= 11 is 11.8. The van der Waals surface area contributed by atoms with Gasteiger partial charge in [0.25, 0.3) is 11.8 Å². The molecule has 2 amide bonds. The number of amides is 2. The number of halogens is 2. The molecule has 2 aromatic carbocycles. The molecule has 8 heteroatoms. The number of carbonyl (C=O) groups is 2. The van der Waals surface area contributed by atoms with Gasteiger partial charge < -0.3 is 0 Å². The summed E-state index contributed by atoms with van der Waals surface area (Å²) in [7, 11) is 0. The molecule has 1 saturated carbocycles. The van der Waals surface area contributed by atoms with Gasteiger partial charge in [0.1, 0.15) is 6.17 Å². The van der Waals surface area contributed by atoms with E-state index in [1.54, 1.807) is 48.5 Å². The van der Waals surface area contributed by atoms with Gasteiger partial charge in [-0.3, -0.25) is 15.0 Å². The van der Waals surface area contributed by atoms with Crippen LogP contribution >= 0.6 is 23.2 Å². The van der Waals surface area contributed by atoms with Crippen LogP contribution in [0.15, 0.2) is 53.6 Å². The fraction of sp³-hybridized carbons (Fsp3) is 0.286. The van der Waals surface area contributed by atoms with Gasteiger partial charge >= 0.3 is 0 Å². The van der Waals surface area contributed by atoms with Gasteiger partial charge in [-0.2, -0.15) is 5.10 Å². The van der Waals surface area contributed by atoms with Crippen molar-refractivity contribution in [1.82, 2.24) is 15.9 Å². The van der Waals surface area contributed by atoms with Crippen LogP contribution in [0.4, 0.5) is 0 Å². The van der Waals surface area contributed by atoms with Gasteiger partial charge in [0.05, 0.1) is 0 Å². The van der Waals surface area contributed by atoms with Crippen molar-refractivity contribution in [3.8, 4) is 0 Å². The largest absolute Gasteiger partial charge is 0.285 e. The van der Waals surface area contributed by atoms with E-state index in [9.17, 15) is 9.59 Å². The molecule has 29 heavy (non-hydrogen) atoms. The highest BCUT2D eigenvalue weighted by atomic mass is 35.5. The topological polar surface area (TPSA) is 73.8 Å². The number of carbonyl (C=O) groups excluding carboxylic acids is 2. The Hall–Kier alpha value is -2.41. The molecule has 1 aliphatic carbocycles. The lowest BCUT2D eigenvalue weighted by molar-refractivity contribution is 0.0598. The van der Waals surface area contributed by atoms with Gasteiger partial charge in [-0.15, -0.1) is 0 Å². The van der Waals surface area contributed by atoms with Gasteiger partial charge in [0, 0.05) is 32.8 Å². The fourth-order valence-electron chi connectivity index (χ4n) is 3.73. The lowest BCUT2D eigenvalue weighted by Crippen LogP contribution is -2.55. The molecular formula is C21H20Cl2N4O2. The van der Waals surface area contributed by atoms with E-state index in [1.807, 2.05) is 0 Å². The second-order valence-electron chi connectivity index (χ2n) is 7.15. The Labute approximate surface area is 178 Å². The van der Waals surface area contributed by atoms with E-state index in [4.69, 9.17) is 23.2 Å². The number of hydrazine groups is 1. The highest BCUT2D eigenvalue weighted by Gasteiger charge is 2.41. The second kappa shape index (κ2) is 8.53. The van der Waals surface area contributed by atoms with Gasteiger partial charge in [0.15, 0.2) is 0 Å². The molecule has 6 nitrogen and oxygen atoms in total. The molecule has 4 rings (SSSR count). The summed E-state index contributed by atoms with van der Waals surface area (Å²) in [5.41, 5.74) is 7.72. The van der Waals surface area contributed by atoms with Crippen molar-refractivity contribution in [1.29, 1.82) is 0 Å². The molecule has 150 valence electrons. The molecule has 0 aromatic heterocycles. The van der Waals surface area contributed by atoms with Crippen molar-refractivity contribution < 1.29 is 9.59 Å². The van der Waals surface area contributed by atoms with Gasteiger partial charge in [-0.25, -0.2) is 10.4 Å². The molecule has 1 fully saturated rings. The first kappa shape index (κ1) is 19.9. The summed E-state index contributed by atoms with van der Waals surface area (Å²) in [5.74, 6) is -0.461. The van der Waals surface area contributed by atoms with Gasteiger partial charge in [0.2, 0.25) is 0 Å². The molecule has 2 atom stereocenters. The highest BCUT2D eigenvalue weighted by Crippen LogP contribution is 2.32. The molecular weight excluding hydrogens is 411 g/mol. The van der Waals surface area contributed by atoms with Crippen molar-refractivity contribution >= 4 is 40.7 Å². The summed E-state index contributed by atoms with van der Waals surface area (Å²) in [6.45, 7) is 0. The molecule has 0 saturated heterocycles. The third-order valence-electron chi connectivity index (χ3n) is 5.25. The maximum Gasteiger partial charge on any atom is 0.275 e. The molecule has 0 spiro atoms. The maximum atomic E-state index is 13.1. The van der Waals surface area contributed by atoms with E-state index in [2.05, 4.69) is 16.0 Å². The maximum absolute atomic E-state index is 13.1. The number of nitrogens with one attached hydrogen (secondary N) is 2. The zero-order valence-electron chi connectivity index (χ0n) is 15.6. The number of hydrogen-bond acceptors (Lipinski definition) is 4. The normalized spacial score (nSPS) is 20.8. The van der Waals surface area contributed by atoms with Gasteiger partial charge in [-0.05, 0) is 67.8 Å². The number of hydrazone groups is 1. The summed E-state index contributed by atoms with van der Waals surface area (Å²) in [6, 6.07) is 13.3. The number of benzene rings is 2. The lowest BCUT2D eigenvalue weighted by Gasteiger charge is -2.29. The Morgan fingerprint density at radius 3 is 2.21 bits per heavy atom. The van der Waals surface area contributed by atoms with Crippen LogP contribution in [0.3, 0.4) is 0 Å². The van der Waals surface area contributed by atoms with Crippen molar-refractivity contribution in [2.45, 2.75) is 31.8 Å². The van der Waals surface area contributed by atoms with E-state index in [0.717, 1.165) is 31.4 Å². The monoisotopic (exact) mass is 430 g/mol. The first-order chi connectivity index (χ1) is 14.0. The quantitative estimate of drug-likeness (QED) is 0.711. The number of rotatable bonds is 4. The third kappa shape index (κ3) is 4.29. The van der Waals surface area contributed by atoms with Crippen LogP contribution in [-0.2, 0) is 0 Å². The first-order valence-corrected chi connectivity index (χ1v) is 10.3. The smallest absolute Gasteiger partial charge is 0.275 e. The van der Waals surface area contributed by atoms with E-state index in [1.165, 1.54) is 5.01 Å². The SMILES string of the molecule is O=C(NN[C@@H]1[C@@H]2CCCCC2=NN1C(=O)c1ccc(Cl)cc1)c1ccc(Cl)cc1.